The molecule has 1 atom stereocenters. The fourth-order valence-corrected chi connectivity index (χ4v) is 5.31. The summed E-state index contributed by atoms with van der Waals surface area (Å²) in [7, 11) is -2.56. The van der Waals surface area contributed by atoms with Gasteiger partial charge in [-0.2, -0.15) is 22.6 Å². The number of carbonyl (C=O) groups excluding carboxylic acids is 1. The van der Waals surface area contributed by atoms with Gasteiger partial charge >= 0.3 is 6.18 Å². The minimum Gasteiger partial charge on any atom is -0.396 e. The number of rotatable bonds is 6. The van der Waals surface area contributed by atoms with Crippen LogP contribution < -0.4 is 5.32 Å². The molecule has 1 aromatic carbocycles. The molecule has 1 aromatic heterocycles. The Labute approximate surface area is 177 Å². The molecular formula is C19H23F3N4O4S. The van der Waals surface area contributed by atoms with Crippen LogP contribution in [-0.4, -0.2) is 52.7 Å². The molecule has 8 nitrogen and oxygen atoms in total. The Morgan fingerprint density at radius 2 is 1.94 bits per heavy atom. The van der Waals surface area contributed by atoms with Crippen LogP contribution >= 0.6 is 0 Å². The van der Waals surface area contributed by atoms with Gasteiger partial charge in [0.1, 0.15) is 5.69 Å². The second-order valence-corrected chi connectivity index (χ2v) is 9.18. The number of hydrogen-bond donors (Lipinski definition) is 2. The third kappa shape index (κ3) is 5.08. The number of nitrogens with one attached hydrogen (secondary N) is 1. The standard InChI is InChI=1S/C19H23F3N4O4S/c1-25-16(12-17(24-25)19(20,21)22)18(28)23-13-5-7-15(8-6-13)31(29,30)26-10-3-2-4-14(26)9-11-27/h5-8,12,14,27H,2-4,9-11H2,1H3,(H,23,28)/t14-/m0/s1. The summed E-state index contributed by atoms with van der Waals surface area (Å²) in [5.74, 6) is -0.805. The van der Waals surface area contributed by atoms with Gasteiger partial charge in [-0.05, 0) is 43.5 Å². The maximum Gasteiger partial charge on any atom is 0.435 e. The van der Waals surface area contributed by atoms with Gasteiger partial charge in [0, 0.05) is 38.0 Å². The molecule has 0 aliphatic carbocycles. The molecule has 2 aromatic rings. The zero-order valence-electron chi connectivity index (χ0n) is 16.8. The molecule has 0 spiro atoms. The van der Waals surface area contributed by atoms with Crippen LogP contribution in [0.3, 0.4) is 0 Å². The van der Waals surface area contributed by atoms with Crippen LogP contribution in [0.2, 0.25) is 0 Å². The van der Waals surface area contributed by atoms with Crippen molar-refractivity contribution in [3.8, 4) is 0 Å². The largest absolute Gasteiger partial charge is 0.435 e. The van der Waals surface area contributed by atoms with Crippen LogP contribution in [0, 0.1) is 0 Å². The molecule has 1 fully saturated rings. The predicted octanol–water partition coefficient (Wildman–Crippen LogP) is 2.62. The van der Waals surface area contributed by atoms with E-state index < -0.39 is 27.8 Å². The van der Waals surface area contributed by atoms with Crippen LogP contribution in [0.15, 0.2) is 35.2 Å². The van der Waals surface area contributed by atoms with Gasteiger partial charge in [-0.25, -0.2) is 8.42 Å². The number of aromatic nitrogens is 2. The number of hydrogen-bond acceptors (Lipinski definition) is 5. The molecule has 31 heavy (non-hydrogen) atoms. The van der Waals surface area contributed by atoms with E-state index in [2.05, 4.69) is 10.4 Å². The third-order valence-electron chi connectivity index (χ3n) is 5.16. The SMILES string of the molecule is Cn1nc(C(F)(F)F)cc1C(=O)Nc1ccc(S(=O)(=O)N2CCCC[C@H]2CCO)cc1. The molecule has 3 rings (SSSR count). The lowest BCUT2D eigenvalue weighted by molar-refractivity contribution is -0.141. The zero-order chi connectivity index (χ0) is 22.8. The average molecular weight is 460 g/mol. The summed E-state index contributed by atoms with van der Waals surface area (Å²) in [5.41, 5.74) is -1.24. The second kappa shape index (κ2) is 8.97. The van der Waals surface area contributed by atoms with Gasteiger partial charge in [0.2, 0.25) is 10.0 Å². The number of piperidine rings is 1. The lowest BCUT2D eigenvalue weighted by Gasteiger charge is -2.34. The summed E-state index contributed by atoms with van der Waals surface area (Å²) in [6.45, 7) is 0.263. The number of anilines is 1. The van der Waals surface area contributed by atoms with Crippen LogP contribution in [0.25, 0.3) is 0 Å². The van der Waals surface area contributed by atoms with E-state index in [1.807, 2.05) is 0 Å². The van der Waals surface area contributed by atoms with Crippen molar-refractivity contribution in [3.05, 3.63) is 41.7 Å². The van der Waals surface area contributed by atoms with E-state index >= 15 is 0 Å². The Balaban J connectivity index is 1.75. The number of carbonyl (C=O) groups is 1. The number of alkyl halides is 3. The molecular weight excluding hydrogens is 437 g/mol. The molecule has 1 aliphatic heterocycles. The summed E-state index contributed by atoms with van der Waals surface area (Å²) >= 11 is 0. The van der Waals surface area contributed by atoms with Crippen molar-refractivity contribution in [1.29, 1.82) is 0 Å². The fraction of sp³-hybridized carbons (Fsp3) is 0.474. The molecule has 170 valence electrons. The van der Waals surface area contributed by atoms with Crippen molar-refractivity contribution in [3.63, 3.8) is 0 Å². The van der Waals surface area contributed by atoms with Gasteiger partial charge in [-0.3, -0.25) is 9.48 Å². The molecule has 12 heteroatoms. The molecule has 2 N–H and O–H groups in total. The summed E-state index contributed by atoms with van der Waals surface area (Å²) < 4.78 is 66.6. The van der Waals surface area contributed by atoms with Gasteiger partial charge in [0.25, 0.3) is 5.91 Å². The van der Waals surface area contributed by atoms with E-state index in [1.54, 1.807) is 0 Å². The zero-order valence-corrected chi connectivity index (χ0v) is 17.6. The van der Waals surface area contributed by atoms with Gasteiger partial charge in [0.05, 0.1) is 4.90 Å². The Kier molecular flexibility index (Phi) is 6.72. The molecule has 1 amide bonds. The van der Waals surface area contributed by atoms with Gasteiger partial charge < -0.3 is 10.4 Å². The smallest absolute Gasteiger partial charge is 0.396 e. The minimum absolute atomic E-state index is 0.0372. The van der Waals surface area contributed by atoms with Crippen molar-refractivity contribution in [1.82, 2.24) is 14.1 Å². The molecule has 0 radical (unpaired) electrons. The van der Waals surface area contributed by atoms with Crippen molar-refractivity contribution in [2.45, 2.75) is 42.8 Å². The minimum atomic E-state index is -4.67. The number of nitrogens with zero attached hydrogens (tertiary/aromatic N) is 3. The average Bonchev–Trinajstić information content (AvgIpc) is 3.11. The molecule has 1 saturated heterocycles. The van der Waals surface area contributed by atoms with Gasteiger partial charge in [-0.1, -0.05) is 6.42 Å². The van der Waals surface area contributed by atoms with E-state index in [4.69, 9.17) is 0 Å². The Morgan fingerprint density at radius 3 is 2.52 bits per heavy atom. The number of halogens is 3. The van der Waals surface area contributed by atoms with Crippen molar-refractivity contribution in [2.24, 2.45) is 7.05 Å². The van der Waals surface area contributed by atoms with E-state index in [1.165, 1.54) is 35.6 Å². The Morgan fingerprint density at radius 1 is 1.26 bits per heavy atom. The first-order valence-corrected chi connectivity index (χ1v) is 11.1. The number of benzene rings is 1. The van der Waals surface area contributed by atoms with Crippen LogP contribution in [0.1, 0.15) is 41.9 Å². The number of aliphatic hydroxyl groups excluding tert-OH is 1. The first-order chi connectivity index (χ1) is 14.5. The maximum atomic E-state index is 13.0. The normalized spacial score (nSPS) is 18.2. The monoisotopic (exact) mass is 460 g/mol. The van der Waals surface area contributed by atoms with Crippen molar-refractivity contribution in [2.75, 3.05) is 18.5 Å². The van der Waals surface area contributed by atoms with E-state index in [9.17, 15) is 31.5 Å². The van der Waals surface area contributed by atoms with Crippen LogP contribution in [0.5, 0.6) is 0 Å². The predicted molar refractivity (Wildman–Crippen MR) is 106 cm³/mol. The maximum absolute atomic E-state index is 13.0. The summed E-state index contributed by atoms with van der Waals surface area (Å²) in [6, 6.07) is 5.79. The van der Waals surface area contributed by atoms with Crippen molar-refractivity contribution >= 4 is 21.6 Å². The molecule has 0 unspecified atom stereocenters. The fourth-order valence-electron chi connectivity index (χ4n) is 3.59. The van der Waals surface area contributed by atoms with E-state index in [0.29, 0.717) is 25.5 Å². The number of aliphatic hydroxyl groups is 1. The summed E-state index contributed by atoms with van der Waals surface area (Å²) in [4.78, 5) is 12.4. The molecule has 0 saturated carbocycles. The van der Waals surface area contributed by atoms with E-state index in [-0.39, 0.29) is 28.9 Å². The first kappa shape index (κ1) is 23.2. The first-order valence-electron chi connectivity index (χ1n) is 9.69. The van der Waals surface area contributed by atoms with Crippen molar-refractivity contribution < 1.29 is 31.5 Å². The van der Waals surface area contributed by atoms with E-state index in [0.717, 1.165) is 17.5 Å². The highest BCUT2D eigenvalue weighted by Gasteiger charge is 2.36. The lowest BCUT2D eigenvalue weighted by atomic mass is 10.0. The van der Waals surface area contributed by atoms with Gasteiger partial charge in [0.15, 0.2) is 5.69 Å². The Hall–Kier alpha value is -2.44. The highest BCUT2D eigenvalue weighted by Crippen LogP contribution is 2.29. The van der Waals surface area contributed by atoms with Gasteiger partial charge in [-0.15, -0.1) is 0 Å². The molecule has 2 heterocycles. The summed E-state index contributed by atoms with van der Waals surface area (Å²) in [5, 5.41) is 15.0. The topological polar surface area (TPSA) is 105 Å². The molecule has 0 bridgehead atoms. The second-order valence-electron chi connectivity index (χ2n) is 7.29. The van der Waals surface area contributed by atoms with Crippen LogP contribution in [0.4, 0.5) is 18.9 Å². The lowest BCUT2D eigenvalue weighted by Crippen LogP contribution is -2.44. The number of amides is 1. The summed E-state index contributed by atoms with van der Waals surface area (Å²) in [6.07, 6.45) is -2.00. The highest BCUT2D eigenvalue weighted by atomic mass is 32.2. The molecule has 1 aliphatic rings. The number of aryl methyl sites for hydroxylation is 1. The highest BCUT2D eigenvalue weighted by molar-refractivity contribution is 7.89. The quantitative estimate of drug-likeness (QED) is 0.690. The number of sulfonamides is 1. The Bertz CT molecular complexity index is 1030. The van der Waals surface area contributed by atoms with Crippen LogP contribution in [-0.2, 0) is 23.2 Å². The third-order valence-corrected chi connectivity index (χ3v) is 7.12.